The van der Waals surface area contributed by atoms with Crippen molar-refractivity contribution in [3.8, 4) is 0 Å². The second-order valence-corrected chi connectivity index (χ2v) is 5.64. The first-order valence-corrected chi connectivity index (χ1v) is 8.12. The Morgan fingerprint density at radius 2 is 2.07 bits per heavy atom. The van der Waals surface area contributed by atoms with Gasteiger partial charge in [-0.15, -0.1) is 0 Å². The highest BCUT2D eigenvalue weighted by Crippen LogP contribution is 2.21. The summed E-state index contributed by atoms with van der Waals surface area (Å²) in [5, 5.41) is 2.32. The highest BCUT2D eigenvalue weighted by atomic mass is 19.1. The van der Waals surface area contributed by atoms with Crippen molar-refractivity contribution in [2.24, 2.45) is 0 Å². The van der Waals surface area contributed by atoms with E-state index in [4.69, 9.17) is 9.15 Å². The molecule has 0 radical (unpaired) electrons. The van der Waals surface area contributed by atoms with Crippen LogP contribution in [0.2, 0.25) is 0 Å². The number of benzene rings is 1. The van der Waals surface area contributed by atoms with E-state index in [1.807, 2.05) is 0 Å². The number of fused-ring (bicyclic) bond motifs is 1. The number of ether oxygens (including phenoxy) is 1. The summed E-state index contributed by atoms with van der Waals surface area (Å²) in [6.07, 6.45) is 1.13. The molecule has 3 rings (SSSR count). The van der Waals surface area contributed by atoms with E-state index >= 15 is 0 Å². The third kappa shape index (κ3) is 3.57. The molecule has 1 aromatic carbocycles. The molecule has 8 nitrogen and oxygen atoms in total. The number of hydrogen-bond donors (Lipinski definition) is 1. The average Bonchev–Trinajstić information content (AvgIpc) is 2.96. The maximum Gasteiger partial charge on any atom is 0.342 e. The van der Waals surface area contributed by atoms with Gasteiger partial charge in [-0.05, 0) is 26.0 Å². The van der Waals surface area contributed by atoms with Gasteiger partial charge in [-0.25, -0.2) is 14.2 Å². The number of hydrogen-bond acceptors (Lipinski definition) is 6. The number of aryl methyl sites for hydroxylation is 1. The molecular weight excluding hydrogens is 357 g/mol. The molecule has 0 aliphatic heterocycles. The molecular formula is C18H16FN3O5. The topological polar surface area (TPSA) is 103 Å². The van der Waals surface area contributed by atoms with Crippen LogP contribution in [-0.4, -0.2) is 28.0 Å². The van der Waals surface area contributed by atoms with Crippen LogP contribution in [0.15, 0.2) is 39.8 Å². The minimum absolute atomic E-state index is 0.00375. The fourth-order valence-corrected chi connectivity index (χ4v) is 2.61. The lowest BCUT2D eigenvalue weighted by Gasteiger charge is -2.08. The molecule has 27 heavy (non-hydrogen) atoms. The van der Waals surface area contributed by atoms with E-state index in [0.717, 1.165) is 10.9 Å². The van der Waals surface area contributed by atoms with Crippen LogP contribution in [0.3, 0.4) is 0 Å². The van der Waals surface area contributed by atoms with Crippen LogP contribution in [0.4, 0.5) is 10.1 Å². The molecule has 0 saturated carbocycles. The van der Waals surface area contributed by atoms with Crippen LogP contribution in [0, 0.1) is 12.7 Å². The summed E-state index contributed by atoms with van der Waals surface area (Å²) in [6, 6.07) is 5.66. The van der Waals surface area contributed by atoms with Crippen LogP contribution in [-0.2, 0) is 16.1 Å². The molecule has 2 heterocycles. The lowest BCUT2D eigenvalue weighted by Crippen LogP contribution is -2.28. The SMILES string of the molecule is CCOC(=O)c1c(C)oc2ncn(CC(=O)Nc3ccccc3F)c(=O)c12. The second-order valence-electron chi connectivity index (χ2n) is 5.64. The van der Waals surface area contributed by atoms with Crippen molar-refractivity contribution in [1.82, 2.24) is 9.55 Å². The quantitative estimate of drug-likeness (QED) is 0.688. The number of aromatic nitrogens is 2. The second kappa shape index (κ2) is 7.40. The lowest BCUT2D eigenvalue weighted by molar-refractivity contribution is -0.116. The monoisotopic (exact) mass is 373 g/mol. The standard InChI is InChI=1S/C18H16FN3O5/c1-3-26-18(25)14-10(2)27-16-15(14)17(24)22(9-20-16)8-13(23)21-12-7-5-4-6-11(12)19/h4-7,9H,3,8H2,1-2H3,(H,21,23). The number of carbonyl (C=O) groups is 2. The van der Waals surface area contributed by atoms with Gasteiger partial charge in [0.2, 0.25) is 11.6 Å². The molecule has 9 heteroatoms. The molecule has 3 aromatic rings. The Morgan fingerprint density at radius 3 is 2.78 bits per heavy atom. The summed E-state index contributed by atoms with van der Waals surface area (Å²) in [5.41, 5.74) is -0.681. The van der Waals surface area contributed by atoms with Crippen molar-refractivity contribution in [2.75, 3.05) is 11.9 Å². The first-order chi connectivity index (χ1) is 12.9. The van der Waals surface area contributed by atoms with Gasteiger partial charge in [-0.3, -0.25) is 14.2 Å². The van der Waals surface area contributed by atoms with E-state index in [9.17, 15) is 18.8 Å². The Labute approximate surface area is 152 Å². The van der Waals surface area contributed by atoms with Crippen molar-refractivity contribution >= 4 is 28.7 Å². The Kier molecular flexibility index (Phi) is 5.02. The first kappa shape index (κ1) is 18.3. The van der Waals surface area contributed by atoms with Crippen molar-refractivity contribution in [2.45, 2.75) is 20.4 Å². The number of nitrogens with one attached hydrogen (secondary N) is 1. The highest BCUT2D eigenvalue weighted by molar-refractivity contribution is 6.03. The van der Waals surface area contributed by atoms with Gasteiger partial charge >= 0.3 is 5.97 Å². The Balaban J connectivity index is 1.94. The summed E-state index contributed by atoms with van der Waals surface area (Å²) in [5.74, 6) is -1.73. The average molecular weight is 373 g/mol. The van der Waals surface area contributed by atoms with Gasteiger partial charge in [0, 0.05) is 0 Å². The lowest BCUT2D eigenvalue weighted by atomic mass is 10.2. The van der Waals surface area contributed by atoms with Gasteiger partial charge in [0.25, 0.3) is 5.56 Å². The van der Waals surface area contributed by atoms with Crippen molar-refractivity contribution < 1.29 is 23.1 Å². The minimum Gasteiger partial charge on any atom is -0.462 e. The van der Waals surface area contributed by atoms with Crippen LogP contribution in [0.25, 0.3) is 11.1 Å². The molecule has 1 N–H and O–H groups in total. The van der Waals surface area contributed by atoms with Gasteiger partial charge in [-0.2, -0.15) is 0 Å². The molecule has 0 spiro atoms. The van der Waals surface area contributed by atoms with Crippen molar-refractivity contribution in [3.05, 3.63) is 58.1 Å². The van der Waals surface area contributed by atoms with E-state index in [1.54, 1.807) is 13.0 Å². The van der Waals surface area contributed by atoms with Crippen molar-refractivity contribution in [1.29, 1.82) is 0 Å². The summed E-state index contributed by atoms with van der Waals surface area (Å²) >= 11 is 0. The minimum atomic E-state index is -0.707. The van der Waals surface area contributed by atoms with Gasteiger partial charge in [0.05, 0.1) is 12.3 Å². The number of anilines is 1. The zero-order chi connectivity index (χ0) is 19.6. The molecule has 0 aliphatic carbocycles. The fraction of sp³-hybridized carbons (Fsp3) is 0.222. The molecule has 0 unspecified atom stereocenters. The largest absolute Gasteiger partial charge is 0.462 e. The van der Waals surface area contributed by atoms with Crippen LogP contribution in [0.1, 0.15) is 23.0 Å². The summed E-state index contributed by atoms with van der Waals surface area (Å²) in [7, 11) is 0. The highest BCUT2D eigenvalue weighted by Gasteiger charge is 2.24. The van der Waals surface area contributed by atoms with E-state index < -0.39 is 29.8 Å². The van der Waals surface area contributed by atoms with Gasteiger partial charge in [-0.1, -0.05) is 12.1 Å². The predicted molar refractivity (Wildman–Crippen MR) is 94.0 cm³/mol. The van der Waals surface area contributed by atoms with E-state index in [1.165, 1.54) is 25.1 Å². The van der Waals surface area contributed by atoms with E-state index in [2.05, 4.69) is 10.3 Å². The molecule has 1 amide bonds. The van der Waals surface area contributed by atoms with Gasteiger partial charge in [0.15, 0.2) is 0 Å². The maximum atomic E-state index is 13.6. The molecule has 0 aliphatic rings. The molecule has 140 valence electrons. The zero-order valence-electron chi connectivity index (χ0n) is 14.6. The van der Waals surface area contributed by atoms with Crippen LogP contribution < -0.4 is 10.9 Å². The van der Waals surface area contributed by atoms with E-state index in [-0.39, 0.29) is 34.7 Å². The fourth-order valence-electron chi connectivity index (χ4n) is 2.61. The van der Waals surface area contributed by atoms with Gasteiger partial charge in [0.1, 0.15) is 35.4 Å². The number of para-hydroxylation sites is 1. The zero-order valence-corrected chi connectivity index (χ0v) is 14.6. The number of esters is 1. The Bertz CT molecular complexity index is 1090. The summed E-state index contributed by atoms with van der Waals surface area (Å²) in [4.78, 5) is 41.0. The number of amides is 1. The summed E-state index contributed by atoms with van der Waals surface area (Å²) < 4.78 is 24.9. The van der Waals surface area contributed by atoms with Crippen LogP contribution >= 0.6 is 0 Å². The summed E-state index contributed by atoms with van der Waals surface area (Å²) in [6.45, 7) is 2.87. The van der Waals surface area contributed by atoms with E-state index in [0.29, 0.717) is 0 Å². The Hall–Kier alpha value is -3.49. The number of carbonyl (C=O) groups excluding carboxylic acids is 2. The van der Waals surface area contributed by atoms with Gasteiger partial charge < -0.3 is 14.5 Å². The number of halogens is 1. The maximum absolute atomic E-state index is 13.6. The van der Waals surface area contributed by atoms with Crippen molar-refractivity contribution in [3.63, 3.8) is 0 Å². The third-order valence-corrected chi connectivity index (χ3v) is 3.80. The molecule has 0 fully saturated rings. The third-order valence-electron chi connectivity index (χ3n) is 3.80. The number of furan rings is 1. The van der Waals surface area contributed by atoms with Crippen LogP contribution in [0.5, 0.6) is 0 Å². The predicted octanol–water partition coefficient (Wildman–Crippen LogP) is 2.25. The molecule has 0 saturated heterocycles. The number of rotatable bonds is 5. The molecule has 2 aromatic heterocycles. The first-order valence-electron chi connectivity index (χ1n) is 8.12. The smallest absolute Gasteiger partial charge is 0.342 e. The normalized spacial score (nSPS) is 10.8. The Morgan fingerprint density at radius 1 is 1.33 bits per heavy atom. The molecule has 0 bridgehead atoms. The number of nitrogens with zero attached hydrogens (tertiary/aromatic N) is 2. The molecule has 0 atom stereocenters.